The van der Waals surface area contributed by atoms with Gasteiger partial charge in [0.25, 0.3) is 0 Å². The maximum Gasteiger partial charge on any atom is 0.160 e. The summed E-state index contributed by atoms with van der Waals surface area (Å²) >= 11 is 8.56. The quantitative estimate of drug-likeness (QED) is 0.185. The smallest absolute Gasteiger partial charge is 0.160 e. The number of aliphatic imine (C=N–C) groups is 2. The zero-order valence-electron chi connectivity index (χ0n) is 26.8. The van der Waals surface area contributed by atoms with Gasteiger partial charge in [0, 0.05) is 41.9 Å². The van der Waals surface area contributed by atoms with Crippen molar-refractivity contribution >= 4 is 87.1 Å². The summed E-state index contributed by atoms with van der Waals surface area (Å²) in [7, 11) is 0. The molecule has 0 saturated heterocycles. The predicted octanol–water partition coefficient (Wildman–Crippen LogP) is 12.3. The van der Waals surface area contributed by atoms with Crippen LogP contribution in [-0.2, 0) is 0 Å². The van der Waals surface area contributed by atoms with Crippen LogP contribution in [0.5, 0.6) is 0 Å². The first-order valence-electron chi connectivity index (χ1n) is 16.7. The second-order valence-corrected chi connectivity index (χ2v) is 14.2. The second kappa shape index (κ2) is 11.7. The summed E-state index contributed by atoms with van der Waals surface area (Å²) in [5.74, 6) is 1.45. The van der Waals surface area contributed by atoms with Crippen molar-refractivity contribution in [1.29, 1.82) is 0 Å². The number of amidine groups is 2. The summed E-state index contributed by atoms with van der Waals surface area (Å²) in [6.45, 7) is 0. The largest absolute Gasteiger partial charge is 0.344 e. The highest BCUT2D eigenvalue weighted by molar-refractivity contribution is 7.26. The first-order chi connectivity index (χ1) is 24.7. The van der Waals surface area contributed by atoms with Gasteiger partial charge in [0.15, 0.2) is 5.84 Å². The molecule has 0 spiro atoms. The molecule has 0 saturated carbocycles. The van der Waals surface area contributed by atoms with Crippen LogP contribution in [0.4, 0.5) is 0 Å². The van der Waals surface area contributed by atoms with Gasteiger partial charge in [-0.2, -0.15) is 0 Å². The van der Waals surface area contributed by atoms with Crippen LogP contribution in [0, 0.1) is 0 Å². The Kier molecular flexibility index (Phi) is 6.80. The van der Waals surface area contributed by atoms with Crippen LogP contribution in [0.25, 0.3) is 63.6 Å². The maximum absolute atomic E-state index is 6.74. The monoisotopic (exact) mass is 677 g/mol. The number of rotatable bonds is 4. The zero-order valence-corrected chi connectivity index (χ0v) is 28.3. The van der Waals surface area contributed by atoms with E-state index in [2.05, 4.69) is 151 Å². The van der Waals surface area contributed by atoms with Crippen molar-refractivity contribution < 1.29 is 0 Å². The molecule has 9 aromatic rings. The van der Waals surface area contributed by atoms with Gasteiger partial charge < -0.3 is 5.32 Å². The van der Waals surface area contributed by atoms with Crippen molar-refractivity contribution in [3.8, 4) is 11.1 Å². The van der Waals surface area contributed by atoms with Crippen LogP contribution >= 0.6 is 22.9 Å². The number of halogens is 1. The van der Waals surface area contributed by atoms with Crippen molar-refractivity contribution in [2.24, 2.45) is 9.98 Å². The average molecular weight is 678 g/mol. The van der Waals surface area contributed by atoms with E-state index in [0.717, 1.165) is 33.7 Å². The van der Waals surface area contributed by atoms with Gasteiger partial charge in [-0.05, 0) is 73.8 Å². The molecule has 5 heteroatoms. The number of thiophene rings is 1. The van der Waals surface area contributed by atoms with Gasteiger partial charge in [0.2, 0.25) is 0 Å². The minimum atomic E-state index is -0.327. The molecule has 2 heterocycles. The molecule has 10 rings (SSSR count). The SMILES string of the molecule is Clc1ccc(C2=NC(c3ccccc3)NC(c3ccc4c5ccccc5c5ccccc5c4c3)=N2)c(-c2cccc3c2sc2ccccc23)c1. The van der Waals surface area contributed by atoms with E-state index in [1.54, 1.807) is 0 Å². The van der Waals surface area contributed by atoms with Crippen LogP contribution in [0.3, 0.4) is 0 Å². The Balaban J connectivity index is 1.19. The van der Waals surface area contributed by atoms with Crippen LogP contribution in [0.15, 0.2) is 168 Å². The number of hydrogen-bond donors (Lipinski definition) is 1. The average Bonchev–Trinajstić information content (AvgIpc) is 3.57. The number of hydrogen-bond acceptors (Lipinski definition) is 4. The topological polar surface area (TPSA) is 36.8 Å². The molecular weight excluding hydrogens is 650 g/mol. The normalized spacial score (nSPS) is 14.7. The Hall–Kier alpha value is -5.81. The van der Waals surface area contributed by atoms with Crippen LogP contribution in [0.2, 0.25) is 5.02 Å². The van der Waals surface area contributed by atoms with Crippen molar-refractivity contribution in [1.82, 2.24) is 5.32 Å². The minimum Gasteiger partial charge on any atom is -0.344 e. The Morgan fingerprint density at radius 3 is 1.90 bits per heavy atom. The number of nitrogens with zero attached hydrogens (tertiary/aromatic N) is 2. The van der Waals surface area contributed by atoms with Crippen molar-refractivity contribution in [2.45, 2.75) is 6.17 Å². The molecule has 3 nitrogen and oxygen atoms in total. The zero-order chi connectivity index (χ0) is 33.2. The fourth-order valence-corrected chi connectivity index (χ4v) is 8.87. The maximum atomic E-state index is 6.74. The molecule has 1 aliphatic heterocycles. The lowest BCUT2D eigenvalue weighted by Crippen LogP contribution is -2.33. The summed E-state index contributed by atoms with van der Waals surface area (Å²) in [6, 6.07) is 55.6. The fraction of sp³-hybridized carbons (Fsp3) is 0.0222. The Morgan fingerprint density at radius 1 is 0.500 bits per heavy atom. The molecule has 236 valence electrons. The third-order valence-corrected chi connectivity index (χ3v) is 11.2. The highest BCUT2D eigenvalue weighted by atomic mass is 35.5. The van der Waals surface area contributed by atoms with Gasteiger partial charge in [-0.3, -0.25) is 0 Å². The summed E-state index contributed by atoms with van der Waals surface area (Å²) in [4.78, 5) is 10.6. The van der Waals surface area contributed by atoms with Gasteiger partial charge in [-0.25, -0.2) is 9.98 Å². The number of nitrogens with one attached hydrogen (secondary N) is 1. The van der Waals surface area contributed by atoms with E-state index in [1.165, 1.54) is 52.5 Å². The molecule has 0 bridgehead atoms. The Bertz CT molecular complexity index is 2830. The second-order valence-electron chi connectivity index (χ2n) is 12.7. The molecule has 50 heavy (non-hydrogen) atoms. The van der Waals surface area contributed by atoms with E-state index in [-0.39, 0.29) is 6.17 Å². The van der Waals surface area contributed by atoms with E-state index in [9.17, 15) is 0 Å². The highest BCUT2D eigenvalue weighted by Gasteiger charge is 2.24. The van der Waals surface area contributed by atoms with Gasteiger partial charge >= 0.3 is 0 Å². The first-order valence-corrected chi connectivity index (χ1v) is 17.9. The number of fused-ring (bicyclic) bond motifs is 9. The van der Waals surface area contributed by atoms with E-state index in [4.69, 9.17) is 21.6 Å². The lowest BCUT2D eigenvalue weighted by molar-refractivity contribution is 0.674. The molecule has 0 radical (unpaired) electrons. The van der Waals surface area contributed by atoms with E-state index in [1.807, 2.05) is 23.5 Å². The molecular formula is C45H28ClN3S. The fourth-order valence-electron chi connectivity index (χ4n) is 7.47. The number of benzene rings is 8. The molecule has 1 unspecified atom stereocenters. The van der Waals surface area contributed by atoms with Crippen molar-refractivity contribution in [3.05, 3.63) is 179 Å². The molecule has 0 amide bonds. The van der Waals surface area contributed by atoms with Crippen LogP contribution in [-0.4, -0.2) is 11.7 Å². The Labute approximate surface area is 297 Å². The molecule has 1 N–H and O–H groups in total. The molecule has 0 fully saturated rings. The van der Waals surface area contributed by atoms with E-state index >= 15 is 0 Å². The summed E-state index contributed by atoms with van der Waals surface area (Å²) in [5, 5.41) is 14.3. The third-order valence-electron chi connectivity index (χ3n) is 9.79. The molecule has 1 atom stereocenters. The minimum absolute atomic E-state index is 0.327. The standard InChI is InChI=1S/C45H28ClN3S/c46-29-22-24-38(40(26-29)37-19-10-18-36-35-17-8-9-20-41(35)50-42(36)37)45-48-43(27-11-2-1-3-12-27)47-44(49-45)28-21-23-34-32-15-5-4-13-30(32)31-14-6-7-16-33(31)39(34)25-28/h1-26,43H,(H,47,48,49). The van der Waals surface area contributed by atoms with Gasteiger partial charge in [0.05, 0.1) is 0 Å². The molecule has 1 aliphatic rings. The molecule has 8 aromatic carbocycles. The van der Waals surface area contributed by atoms with Crippen molar-refractivity contribution in [3.63, 3.8) is 0 Å². The van der Waals surface area contributed by atoms with Crippen LogP contribution < -0.4 is 5.32 Å². The van der Waals surface area contributed by atoms with Gasteiger partial charge in [-0.15, -0.1) is 11.3 Å². The van der Waals surface area contributed by atoms with Gasteiger partial charge in [0.1, 0.15) is 12.0 Å². The van der Waals surface area contributed by atoms with E-state index < -0.39 is 0 Å². The Morgan fingerprint density at radius 2 is 1.14 bits per heavy atom. The summed E-state index contributed by atoms with van der Waals surface area (Å²) in [5.41, 5.74) is 5.15. The van der Waals surface area contributed by atoms with Gasteiger partial charge in [-0.1, -0.05) is 139 Å². The van der Waals surface area contributed by atoms with E-state index in [0.29, 0.717) is 10.9 Å². The molecule has 0 aliphatic carbocycles. The lowest BCUT2D eigenvalue weighted by atomic mass is 9.93. The van der Waals surface area contributed by atoms with Crippen molar-refractivity contribution in [2.75, 3.05) is 0 Å². The van der Waals surface area contributed by atoms with Crippen LogP contribution in [0.1, 0.15) is 22.9 Å². The summed E-state index contributed by atoms with van der Waals surface area (Å²) in [6.07, 6.45) is -0.327. The lowest BCUT2D eigenvalue weighted by Gasteiger charge is -2.25. The highest BCUT2D eigenvalue weighted by Crippen LogP contribution is 2.42. The summed E-state index contributed by atoms with van der Waals surface area (Å²) < 4.78 is 2.49. The predicted molar refractivity (Wildman–Crippen MR) is 214 cm³/mol. The first kappa shape index (κ1) is 29.1. The third kappa shape index (κ3) is 4.72. The molecule has 1 aromatic heterocycles.